The number of carbonyl (C=O) groups excluding carboxylic acids is 2. The van der Waals surface area contributed by atoms with Crippen molar-refractivity contribution in [3.8, 4) is 22.3 Å². The zero-order valence-electron chi connectivity index (χ0n) is 15.4. The lowest BCUT2D eigenvalue weighted by Crippen LogP contribution is -2.21. The van der Waals surface area contributed by atoms with Crippen LogP contribution in [0.2, 0.25) is 0 Å². The van der Waals surface area contributed by atoms with Gasteiger partial charge in [-0.15, -0.1) is 0 Å². The molecule has 6 nitrogen and oxygen atoms in total. The Labute approximate surface area is 161 Å². The van der Waals surface area contributed by atoms with Crippen molar-refractivity contribution >= 4 is 17.6 Å². The van der Waals surface area contributed by atoms with Gasteiger partial charge in [-0.05, 0) is 18.2 Å². The van der Waals surface area contributed by atoms with Crippen molar-refractivity contribution in [2.45, 2.75) is 13.8 Å². The van der Waals surface area contributed by atoms with Crippen molar-refractivity contribution in [1.29, 1.82) is 0 Å². The van der Waals surface area contributed by atoms with Gasteiger partial charge in [0.15, 0.2) is 0 Å². The first-order chi connectivity index (χ1) is 13.4. The van der Waals surface area contributed by atoms with Crippen LogP contribution in [0.1, 0.15) is 24.2 Å². The number of pyridine rings is 2. The summed E-state index contributed by atoms with van der Waals surface area (Å²) >= 11 is 0. The molecular weight excluding hydrogens is 359 g/mol. The van der Waals surface area contributed by atoms with Crippen molar-refractivity contribution in [2.75, 3.05) is 5.32 Å². The van der Waals surface area contributed by atoms with Crippen LogP contribution >= 0.6 is 0 Å². The predicted octanol–water partition coefficient (Wildman–Crippen LogP) is 3.64. The van der Waals surface area contributed by atoms with Crippen molar-refractivity contribution in [1.82, 2.24) is 9.97 Å². The smallest absolute Gasteiger partial charge is 0.249 e. The highest BCUT2D eigenvalue weighted by Crippen LogP contribution is 2.33. The quantitative estimate of drug-likeness (QED) is 0.708. The molecule has 0 bridgehead atoms. The van der Waals surface area contributed by atoms with Crippen LogP contribution in [0, 0.1) is 11.7 Å². The van der Waals surface area contributed by atoms with E-state index < -0.39 is 11.7 Å². The number of halogens is 1. The second kappa shape index (κ2) is 7.96. The first-order valence-electron chi connectivity index (χ1n) is 8.68. The lowest BCUT2D eigenvalue weighted by Gasteiger charge is -2.15. The van der Waals surface area contributed by atoms with Gasteiger partial charge in [0, 0.05) is 46.8 Å². The molecule has 3 aromatic rings. The number of rotatable bonds is 5. The van der Waals surface area contributed by atoms with Gasteiger partial charge in [0.1, 0.15) is 11.6 Å². The highest BCUT2D eigenvalue weighted by molar-refractivity contribution is 6.05. The lowest BCUT2D eigenvalue weighted by atomic mass is 9.98. The lowest BCUT2D eigenvalue weighted by molar-refractivity contribution is -0.118. The number of nitrogens with one attached hydrogen (secondary N) is 1. The zero-order chi connectivity index (χ0) is 20.3. The molecule has 2 heterocycles. The highest BCUT2D eigenvalue weighted by Gasteiger charge is 2.19. The van der Waals surface area contributed by atoms with Crippen LogP contribution in [0.3, 0.4) is 0 Å². The van der Waals surface area contributed by atoms with Gasteiger partial charge in [0.05, 0.1) is 5.56 Å². The molecule has 3 rings (SSSR count). The first-order valence-corrected chi connectivity index (χ1v) is 8.68. The van der Waals surface area contributed by atoms with E-state index in [4.69, 9.17) is 5.73 Å². The number of primary amides is 1. The van der Waals surface area contributed by atoms with E-state index in [0.29, 0.717) is 22.3 Å². The molecule has 1 aromatic carbocycles. The van der Waals surface area contributed by atoms with Gasteiger partial charge < -0.3 is 11.1 Å². The van der Waals surface area contributed by atoms with Crippen molar-refractivity contribution in [3.63, 3.8) is 0 Å². The third-order valence-electron chi connectivity index (χ3n) is 4.19. The Morgan fingerprint density at radius 1 is 1.11 bits per heavy atom. The van der Waals surface area contributed by atoms with Gasteiger partial charge in [0.2, 0.25) is 11.8 Å². The number of aromatic nitrogens is 2. The van der Waals surface area contributed by atoms with Crippen LogP contribution in [0.5, 0.6) is 0 Å². The Kier molecular flexibility index (Phi) is 5.44. The normalized spacial score (nSPS) is 10.7. The molecule has 0 aliphatic rings. The van der Waals surface area contributed by atoms with Crippen LogP contribution < -0.4 is 11.1 Å². The Morgan fingerprint density at radius 2 is 1.82 bits per heavy atom. The molecule has 0 saturated carbocycles. The van der Waals surface area contributed by atoms with Crippen molar-refractivity contribution < 1.29 is 14.0 Å². The van der Waals surface area contributed by atoms with E-state index in [1.165, 1.54) is 30.7 Å². The third kappa shape index (κ3) is 3.88. The summed E-state index contributed by atoms with van der Waals surface area (Å²) in [5, 5.41) is 2.71. The predicted molar refractivity (Wildman–Crippen MR) is 105 cm³/mol. The summed E-state index contributed by atoms with van der Waals surface area (Å²) in [5.74, 6) is -1.41. The molecule has 2 aromatic heterocycles. The van der Waals surface area contributed by atoms with Gasteiger partial charge in [-0.25, -0.2) is 9.37 Å². The van der Waals surface area contributed by atoms with Gasteiger partial charge >= 0.3 is 0 Å². The maximum absolute atomic E-state index is 14.2. The van der Waals surface area contributed by atoms with Crippen LogP contribution in [-0.4, -0.2) is 21.8 Å². The van der Waals surface area contributed by atoms with Crippen molar-refractivity contribution in [2.24, 2.45) is 11.7 Å². The number of hydrogen-bond acceptors (Lipinski definition) is 4. The van der Waals surface area contributed by atoms with E-state index in [2.05, 4.69) is 15.3 Å². The maximum Gasteiger partial charge on any atom is 0.249 e. The molecule has 3 N–H and O–H groups in total. The minimum atomic E-state index is -0.672. The first kappa shape index (κ1) is 19.2. The molecule has 142 valence electrons. The highest BCUT2D eigenvalue weighted by atomic mass is 19.1. The van der Waals surface area contributed by atoms with Gasteiger partial charge in [0.25, 0.3) is 0 Å². The van der Waals surface area contributed by atoms with E-state index >= 15 is 0 Å². The Hall–Kier alpha value is -3.61. The number of nitrogens with two attached hydrogens (primary N) is 1. The van der Waals surface area contributed by atoms with Crippen LogP contribution in [0.4, 0.5) is 10.2 Å². The van der Waals surface area contributed by atoms with E-state index in [1.54, 1.807) is 38.1 Å². The number of carbonyl (C=O) groups is 2. The number of nitrogens with zero attached hydrogens (tertiary/aromatic N) is 2. The number of anilines is 1. The summed E-state index contributed by atoms with van der Waals surface area (Å²) in [6, 6.07) is 9.46. The van der Waals surface area contributed by atoms with Gasteiger partial charge in [-0.3, -0.25) is 14.6 Å². The minimum Gasteiger partial charge on any atom is -0.366 e. The summed E-state index contributed by atoms with van der Waals surface area (Å²) in [6.45, 7) is 3.49. The summed E-state index contributed by atoms with van der Waals surface area (Å²) in [4.78, 5) is 32.5. The van der Waals surface area contributed by atoms with E-state index in [9.17, 15) is 14.0 Å². The summed E-state index contributed by atoms with van der Waals surface area (Å²) in [7, 11) is 0. The topological polar surface area (TPSA) is 98.0 Å². The Morgan fingerprint density at radius 3 is 2.50 bits per heavy atom. The average Bonchev–Trinajstić information content (AvgIpc) is 2.68. The number of amides is 2. The summed E-state index contributed by atoms with van der Waals surface area (Å²) < 4.78 is 14.2. The molecule has 0 fully saturated rings. The Balaban J connectivity index is 2.17. The molecule has 0 unspecified atom stereocenters. The maximum atomic E-state index is 14.2. The second-order valence-electron chi connectivity index (χ2n) is 6.53. The Bertz CT molecular complexity index is 1050. The molecule has 0 spiro atoms. The molecule has 0 aliphatic heterocycles. The molecule has 0 saturated heterocycles. The fourth-order valence-corrected chi connectivity index (χ4v) is 2.73. The van der Waals surface area contributed by atoms with Crippen LogP contribution in [-0.2, 0) is 4.79 Å². The van der Waals surface area contributed by atoms with E-state index in [1.807, 2.05) is 0 Å². The van der Waals surface area contributed by atoms with Gasteiger partial charge in [-0.2, -0.15) is 0 Å². The molecule has 7 heteroatoms. The second-order valence-corrected chi connectivity index (χ2v) is 6.53. The van der Waals surface area contributed by atoms with Crippen molar-refractivity contribution in [3.05, 3.63) is 66.4 Å². The summed E-state index contributed by atoms with van der Waals surface area (Å²) in [6.07, 6.45) is 4.43. The van der Waals surface area contributed by atoms with E-state index in [0.717, 1.165) is 0 Å². The van der Waals surface area contributed by atoms with Crippen LogP contribution in [0.15, 0.2) is 55.0 Å². The summed E-state index contributed by atoms with van der Waals surface area (Å²) in [5.41, 5.74) is 7.43. The molecule has 28 heavy (non-hydrogen) atoms. The van der Waals surface area contributed by atoms with E-state index in [-0.39, 0.29) is 23.2 Å². The number of hydrogen-bond donors (Lipinski definition) is 2. The molecule has 0 radical (unpaired) electrons. The third-order valence-corrected chi connectivity index (χ3v) is 4.19. The largest absolute Gasteiger partial charge is 0.366 e. The average molecular weight is 378 g/mol. The molecule has 0 atom stereocenters. The number of benzene rings is 1. The van der Waals surface area contributed by atoms with Gasteiger partial charge in [-0.1, -0.05) is 32.0 Å². The standard InChI is InChI=1S/C21H19FN4O2/c1-12(2)21(28)26-20-18(16(19(23)27)7-8-25-20)14-9-13(10-24-11-14)15-5-3-4-6-17(15)22/h3-12H,1-2H3,(H2,23,27)(H,25,26,28). The SMILES string of the molecule is CC(C)C(=O)Nc1nccc(C(N)=O)c1-c1cncc(-c2ccccc2F)c1. The molecular formula is C21H19FN4O2. The minimum absolute atomic E-state index is 0.182. The zero-order valence-corrected chi connectivity index (χ0v) is 15.4. The van der Waals surface area contributed by atoms with Crippen LogP contribution in [0.25, 0.3) is 22.3 Å². The fraction of sp³-hybridized carbons (Fsp3) is 0.143. The monoisotopic (exact) mass is 378 g/mol. The molecule has 2 amide bonds. The fourth-order valence-electron chi connectivity index (χ4n) is 2.73. The molecule has 0 aliphatic carbocycles.